The molecule has 3 rings (SSSR count). The molecule has 6 heteroatoms. The van der Waals surface area contributed by atoms with Gasteiger partial charge in [-0.1, -0.05) is 19.1 Å². The van der Waals surface area contributed by atoms with Crippen LogP contribution in [0.2, 0.25) is 0 Å². The summed E-state index contributed by atoms with van der Waals surface area (Å²) in [5.41, 5.74) is 1.28. The van der Waals surface area contributed by atoms with Crippen molar-refractivity contribution in [3.8, 4) is 0 Å². The molecule has 0 saturated carbocycles. The van der Waals surface area contributed by atoms with Crippen molar-refractivity contribution in [2.24, 2.45) is 0 Å². The zero-order valence-corrected chi connectivity index (χ0v) is 14.6. The second-order valence-electron chi connectivity index (χ2n) is 5.53. The van der Waals surface area contributed by atoms with Gasteiger partial charge in [-0.15, -0.1) is 11.3 Å². The summed E-state index contributed by atoms with van der Waals surface area (Å²) in [6.07, 6.45) is 0.890. The summed E-state index contributed by atoms with van der Waals surface area (Å²) in [7, 11) is 1.35. The molecule has 0 radical (unpaired) electrons. The van der Waals surface area contributed by atoms with Gasteiger partial charge in [0.15, 0.2) is 0 Å². The molecule has 0 N–H and O–H groups in total. The van der Waals surface area contributed by atoms with Crippen molar-refractivity contribution in [3.63, 3.8) is 0 Å². The van der Waals surface area contributed by atoms with Crippen molar-refractivity contribution in [1.29, 1.82) is 0 Å². The lowest BCUT2D eigenvalue weighted by Gasteiger charge is -2.10. The highest BCUT2D eigenvalue weighted by Gasteiger charge is 2.13. The molecule has 5 nitrogen and oxygen atoms in total. The third-order valence-electron chi connectivity index (χ3n) is 3.93. The number of benzene rings is 1. The number of nitrogens with zero attached hydrogens (tertiary/aromatic N) is 2. The number of fused-ring (bicyclic) bond motifs is 1. The zero-order chi connectivity index (χ0) is 17.3. The Morgan fingerprint density at radius 1 is 1.33 bits per heavy atom. The van der Waals surface area contributed by atoms with Gasteiger partial charge < -0.3 is 4.74 Å². The maximum atomic E-state index is 12.8. The van der Waals surface area contributed by atoms with Crippen molar-refractivity contribution in [1.82, 2.24) is 9.55 Å². The Kier molecular flexibility index (Phi) is 4.49. The predicted octanol–water partition coefficient (Wildman–Crippen LogP) is 3.16. The maximum absolute atomic E-state index is 12.8. The minimum Gasteiger partial charge on any atom is -0.465 e. The fourth-order valence-electron chi connectivity index (χ4n) is 2.62. The predicted molar refractivity (Wildman–Crippen MR) is 94.9 cm³/mol. The van der Waals surface area contributed by atoms with Gasteiger partial charge in [-0.2, -0.15) is 0 Å². The van der Waals surface area contributed by atoms with Crippen molar-refractivity contribution in [3.05, 3.63) is 62.5 Å². The monoisotopic (exact) mass is 342 g/mol. The summed E-state index contributed by atoms with van der Waals surface area (Å²) in [5, 5.41) is 0.659. The van der Waals surface area contributed by atoms with Crippen LogP contribution < -0.4 is 5.56 Å². The molecule has 124 valence electrons. The summed E-state index contributed by atoms with van der Waals surface area (Å²) in [5.74, 6) is 0.278. The fourth-order valence-corrected chi connectivity index (χ4v) is 3.63. The molecule has 3 aromatic rings. The van der Waals surface area contributed by atoms with Crippen molar-refractivity contribution >= 4 is 27.5 Å². The number of esters is 1. The van der Waals surface area contributed by atoms with E-state index < -0.39 is 0 Å². The number of aromatic nitrogens is 2. The minimum absolute atomic E-state index is 0.0445. The number of aryl methyl sites for hydroxylation is 2. The maximum Gasteiger partial charge on any atom is 0.337 e. The highest BCUT2D eigenvalue weighted by atomic mass is 32.1. The van der Waals surface area contributed by atoms with Crippen molar-refractivity contribution < 1.29 is 9.53 Å². The van der Waals surface area contributed by atoms with Crippen molar-refractivity contribution in [2.75, 3.05) is 7.11 Å². The number of carbonyl (C=O) groups is 1. The smallest absolute Gasteiger partial charge is 0.337 e. The summed E-state index contributed by atoms with van der Waals surface area (Å²) in [4.78, 5) is 31.0. The molecular weight excluding hydrogens is 324 g/mol. The van der Waals surface area contributed by atoms with Crippen LogP contribution in [0.15, 0.2) is 35.1 Å². The molecule has 0 bridgehead atoms. The van der Waals surface area contributed by atoms with Gasteiger partial charge in [0.2, 0.25) is 0 Å². The van der Waals surface area contributed by atoms with E-state index in [0.29, 0.717) is 23.3 Å². The average Bonchev–Trinajstić information content (AvgIpc) is 3.01. The second-order valence-corrected chi connectivity index (χ2v) is 6.64. The molecule has 0 spiro atoms. The van der Waals surface area contributed by atoms with Gasteiger partial charge in [0, 0.05) is 4.88 Å². The molecule has 0 saturated heterocycles. The van der Waals surface area contributed by atoms with Gasteiger partial charge in [-0.3, -0.25) is 9.36 Å². The van der Waals surface area contributed by atoms with E-state index in [1.807, 2.05) is 19.1 Å². The van der Waals surface area contributed by atoms with Crippen LogP contribution in [0.1, 0.15) is 33.5 Å². The minimum atomic E-state index is -0.389. The van der Waals surface area contributed by atoms with Crippen LogP contribution in [-0.2, 0) is 17.7 Å². The number of thiophene rings is 1. The van der Waals surface area contributed by atoms with E-state index in [0.717, 1.165) is 21.7 Å². The number of hydrogen-bond acceptors (Lipinski definition) is 5. The number of rotatable bonds is 4. The third kappa shape index (κ3) is 2.97. The van der Waals surface area contributed by atoms with Gasteiger partial charge in [0.1, 0.15) is 10.7 Å². The summed E-state index contributed by atoms with van der Waals surface area (Å²) in [6.45, 7) is 4.26. The van der Waals surface area contributed by atoms with Crippen molar-refractivity contribution in [2.45, 2.75) is 26.8 Å². The van der Waals surface area contributed by atoms with E-state index in [2.05, 4.69) is 11.9 Å². The Balaban J connectivity index is 2.04. The van der Waals surface area contributed by atoms with Gasteiger partial charge in [-0.05, 0) is 37.1 Å². The molecule has 0 aliphatic heterocycles. The van der Waals surface area contributed by atoms with E-state index >= 15 is 0 Å². The van der Waals surface area contributed by atoms with E-state index in [1.165, 1.54) is 7.11 Å². The molecule has 0 aliphatic carbocycles. The van der Waals surface area contributed by atoms with Crippen LogP contribution >= 0.6 is 11.3 Å². The zero-order valence-electron chi connectivity index (χ0n) is 13.8. The Morgan fingerprint density at radius 2 is 2.12 bits per heavy atom. The molecular formula is C18H18N2O3S. The molecule has 0 aliphatic rings. The Labute approximate surface area is 143 Å². The summed E-state index contributed by atoms with van der Waals surface area (Å²) in [6, 6.07) is 9.03. The van der Waals surface area contributed by atoms with Crippen LogP contribution in [0.25, 0.3) is 10.2 Å². The highest BCUT2D eigenvalue weighted by Crippen LogP contribution is 2.22. The first-order valence-electron chi connectivity index (χ1n) is 7.70. The van der Waals surface area contributed by atoms with Crippen LogP contribution in [0.5, 0.6) is 0 Å². The molecule has 2 heterocycles. The summed E-state index contributed by atoms with van der Waals surface area (Å²) < 4.78 is 6.39. The summed E-state index contributed by atoms with van der Waals surface area (Å²) >= 11 is 1.56. The quantitative estimate of drug-likeness (QED) is 0.683. The molecule has 0 fully saturated rings. The Bertz CT molecular complexity index is 972. The normalized spacial score (nSPS) is 11.0. The molecule has 2 aromatic heterocycles. The van der Waals surface area contributed by atoms with Crippen LogP contribution in [-0.4, -0.2) is 22.6 Å². The first kappa shape index (κ1) is 16.4. The Morgan fingerprint density at radius 3 is 2.83 bits per heavy atom. The average molecular weight is 342 g/mol. The fraction of sp³-hybridized carbons (Fsp3) is 0.278. The van der Waals surface area contributed by atoms with E-state index in [1.54, 1.807) is 34.1 Å². The number of hydrogen-bond donors (Lipinski definition) is 0. The van der Waals surface area contributed by atoms with Crippen LogP contribution in [0, 0.1) is 6.92 Å². The van der Waals surface area contributed by atoms with Crippen LogP contribution in [0.3, 0.4) is 0 Å². The lowest BCUT2D eigenvalue weighted by molar-refractivity contribution is 0.0600. The second kappa shape index (κ2) is 6.57. The standard InChI is InChI=1S/C18H18N2O3S/c1-4-14-9-15-16(24-14)19-11(2)20(17(15)21)10-12-6-5-7-13(8-12)18(22)23-3/h5-9H,4,10H2,1-3H3. The lowest BCUT2D eigenvalue weighted by Crippen LogP contribution is -2.24. The van der Waals surface area contributed by atoms with Gasteiger partial charge >= 0.3 is 5.97 Å². The molecule has 0 atom stereocenters. The number of carbonyl (C=O) groups excluding carboxylic acids is 1. The lowest BCUT2D eigenvalue weighted by atomic mass is 10.1. The number of methoxy groups -OCH3 is 1. The van der Waals surface area contributed by atoms with Gasteiger partial charge in [0.05, 0.1) is 24.6 Å². The van der Waals surface area contributed by atoms with Gasteiger partial charge in [-0.25, -0.2) is 9.78 Å². The highest BCUT2D eigenvalue weighted by molar-refractivity contribution is 7.18. The Hall–Kier alpha value is -2.47. The first-order valence-corrected chi connectivity index (χ1v) is 8.52. The topological polar surface area (TPSA) is 61.2 Å². The van der Waals surface area contributed by atoms with Crippen LogP contribution in [0.4, 0.5) is 0 Å². The van der Waals surface area contributed by atoms with Gasteiger partial charge in [0.25, 0.3) is 5.56 Å². The molecule has 0 unspecified atom stereocenters. The van der Waals surface area contributed by atoms with E-state index in [9.17, 15) is 9.59 Å². The first-order chi connectivity index (χ1) is 11.5. The SMILES string of the molecule is CCc1cc2c(=O)n(Cc3cccc(C(=O)OC)c3)c(C)nc2s1. The number of ether oxygens (including phenoxy) is 1. The van der Waals surface area contributed by atoms with E-state index in [4.69, 9.17) is 4.74 Å². The molecule has 1 aromatic carbocycles. The largest absolute Gasteiger partial charge is 0.465 e. The third-order valence-corrected chi connectivity index (χ3v) is 5.10. The van der Waals surface area contributed by atoms with E-state index in [-0.39, 0.29) is 11.5 Å². The molecule has 24 heavy (non-hydrogen) atoms. The molecule has 0 amide bonds.